The maximum absolute atomic E-state index is 11.6. The molecule has 3 N–H and O–H groups in total. The van der Waals surface area contributed by atoms with Crippen LogP contribution in [0.15, 0.2) is 0 Å². The maximum atomic E-state index is 11.6. The number of sulfonamides is 1. The summed E-state index contributed by atoms with van der Waals surface area (Å²) in [5.41, 5.74) is 5.33. The van der Waals surface area contributed by atoms with Crippen LogP contribution in [0.4, 0.5) is 0 Å². The summed E-state index contributed by atoms with van der Waals surface area (Å²) in [5, 5.41) is -0.481. The van der Waals surface area contributed by atoms with Crippen molar-refractivity contribution >= 4 is 10.0 Å². The Bertz CT molecular complexity index is 277. The van der Waals surface area contributed by atoms with E-state index in [1.165, 1.54) is 0 Å². The van der Waals surface area contributed by atoms with Gasteiger partial charge in [-0.15, -0.1) is 0 Å². The molecule has 0 heterocycles. The van der Waals surface area contributed by atoms with E-state index in [1.807, 2.05) is 0 Å². The van der Waals surface area contributed by atoms with E-state index in [0.717, 1.165) is 19.3 Å². The minimum Gasteiger partial charge on any atom is -0.329 e. The smallest absolute Gasteiger partial charge is 0.215 e. The van der Waals surface area contributed by atoms with Gasteiger partial charge in [-0.25, -0.2) is 13.1 Å². The summed E-state index contributed by atoms with van der Waals surface area (Å²) in [4.78, 5) is 0. The summed E-state index contributed by atoms with van der Waals surface area (Å²) in [6.07, 6.45) is 3.23. The lowest BCUT2D eigenvalue weighted by atomic mass is 10.2. The molecule has 1 aliphatic carbocycles. The second kappa shape index (κ2) is 4.59. The van der Waals surface area contributed by atoms with E-state index in [9.17, 15) is 8.42 Å². The number of hydrogen-bond acceptors (Lipinski definition) is 3. The molecule has 0 spiro atoms. The molecular weight excluding hydrogens is 200 g/mol. The number of nitrogens with two attached hydrogens (primary N) is 1. The van der Waals surface area contributed by atoms with Crippen molar-refractivity contribution < 1.29 is 8.42 Å². The largest absolute Gasteiger partial charge is 0.329 e. The molecule has 4 nitrogen and oxygen atoms in total. The first-order valence-electron chi connectivity index (χ1n) is 5.22. The fraction of sp³-hybridized carbons (Fsp3) is 1.00. The first-order valence-corrected chi connectivity index (χ1v) is 6.77. The molecule has 3 atom stereocenters. The Hall–Kier alpha value is -0.130. The Morgan fingerprint density at radius 1 is 1.57 bits per heavy atom. The quantitative estimate of drug-likeness (QED) is 0.682. The predicted octanol–water partition coefficient (Wildman–Crippen LogP) is 0.442. The van der Waals surface area contributed by atoms with Gasteiger partial charge in [0, 0.05) is 12.6 Å². The summed E-state index contributed by atoms with van der Waals surface area (Å²) in [6, 6.07) is 0.175. The van der Waals surface area contributed by atoms with Crippen LogP contribution < -0.4 is 10.5 Å². The van der Waals surface area contributed by atoms with Crippen LogP contribution in [-0.4, -0.2) is 26.3 Å². The van der Waals surface area contributed by atoms with Crippen molar-refractivity contribution in [3.63, 3.8) is 0 Å². The van der Waals surface area contributed by atoms with E-state index in [1.54, 1.807) is 6.92 Å². The highest BCUT2D eigenvalue weighted by Gasteiger charge is 2.39. The summed E-state index contributed by atoms with van der Waals surface area (Å²) in [7, 11) is -3.17. The van der Waals surface area contributed by atoms with Crippen LogP contribution in [0.5, 0.6) is 0 Å². The molecule has 0 saturated heterocycles. The maximum Gasteiger partial charge on any atom is 0.215 e. The fourth-order valence-corrected chi connectivity index (χ4v) is 2.73. The second-order valence-corrected chi connectivity index (χ2v) is 6.23. The highest BCUT2D eigenvalue weighted by molar-refractivity contribution is 7.90. The van der Waals surface area contributed by atoms with Crippen LogP contribution in [0.3, 0.4) is 0 Å². The van der Waals surface area contributed by atoms with Gasteiger partial charge in [-0.2, -0.15) is 0 Å². The van der Waals surface area contributed by atoms with E-state index in [4.69, 9.17) is 5.73 Å². The SMILES string of the molecule is CCCC1CC1NS(=O)(=O)C(C)CN. The van der Waals surface area contributed by atoms with Crippen molar-refractivity contribution in [2.24, 2.45) is 11.7 Å². The third kappa shape index (κ3) is 2.93. The van der Waals surface area contributed by atoms with Crippen molar-refractivity contribution in [1.29, 1.82) is 0 Å². The molecule has 1 saturated carbocycles. The van der Waals surface area contributed by atoms with Crippen LogP contribution in [0.2, 0.25) is 0 Å². The van der Waals surface area contributed by atoms with Gasteiger partial charge < -0.3 is 5.73 Å². The molecule has 3 unspecified atom stereocenters. The summed E-state index contributed by atoms with van der Waals surface area (Å²) >= 11 is 0. The van der Waals surface area contributed by atoms with Gasteiger partial charge >= 0.3 is 0 Å². The normalized spacial score (nSPS) is 28.8. The third-order valence-electron chi connectivity index (χ3n) is 2.76. The van der Waals surface area contributed by atoms with Crippen LogP contribution in [0.25, 0.3) is 0 Å². The first kappa shape index (κ1) is 11.9. The van der Waals surface area contributed by atoms with Crippen LogP contribution in [0, 0.1) is 5.92 Å². The summed E-state index contributed by atoms with van der Waals surface area (Å²) in [5.74, 6) is 0.555. The molecule has 1 aliphatic rings. The molecular formula is C9H20N2O2S. The van der Waals surface area contributed by atoms with Crippen molar-refractivity contribution in [3.05, 3.63) is 0 Å². The molecule has 0 aromatic heterocycles. The van der Waals surface area contributed by atoms with Gasteiger partial charge in [0.15, 0.2) is 0 Å². The lowest BCUT2D eigenvalue weighted by Crippen LogP contribution is -2.38. The zero-order valence-electron chi connectivity index (χ0n) is 8.86. The Morgan fingerprint density at radius 2 is 2.21 bits per heavy atom. The van der Waals surface area contributed by atoms with E-state index in [2.05, 4.69) is 11.6 Å². The van der Waals surface area contributed by atoms with Crippen molar-refractivity contribution in [3.8, 4) is 0 Å². The monoisotopic (exact) mass is 220 g/mol. The fourth-order valence-electron chi connectivity index (χ4n) is 1.54. The van der Waals surface area contributed by atoms with Gasteiger partial charge in [-0.3, -0.25) is 0 Å². The molecule has 0 aromatic carbocycles. The molecule has 84 valence electrons. The number of nitrogens with one attached hydrogen (secondary N) is 1. The van der Waals surface area contributed by atoms with Crippen molar-refractivity contribution in [2.45, 2.75) is 44.4 Å². The molecule has 1 rings (SSSR count). The lowest BCUT2D eigenvalue weighted by molar-refractivity contribution is 0.561. The van der Waals surface area contributed by atoms with E-state index < -0.39 is 15.3 Å². The van der Waals surface area contributed by atoms with Crippen molar-refractivity contribution in [1.82, 2.24) is 4.72 Å². The molecule has 0 amide bonds. The number of rotatable bonds is 6. The highest BCUT2D eigenvalue weighted by Crippen LogP contribution is 2.35. The van der Waals surface area contributed by atoms with Gasteiger partial charge in [0.05, 0.1) is 5.25 Å². The molecule has 0 aromatic rings. The zero-order valence-corrected chi connectivity index (χ0v) is 9.68. The lowest BCUT2D eigenvalue weighted by Gasteiger charge is -2.11. The molecule has 0 bridgehead atoms. The minimum absolute atomic E-state index is 0.175. The van der Waals surface area contributed by atoms with Gasteiger partial charge in [0.2, 0.25) is 10.0 Å². The Kier molecular flexibility index (Phi) is 3.92. The van der Waals surface area contributed by atoms with Gasteiger partial charge in [0.25, 0.3) is 0 Å². The van der Waals surface area contributed by atoms with Gasteiger partial charge in [-0.05, 0) is 25.7 Å². The highest BCUT2D eigenvalue weighted by atomic mass is 32.2. The third-order valence-corrected chi connectivity index (χ3v) is 4.64. The van der Waals surface area contributed by atoms with Crippen LogP contribution >= 0.6 is 0 Å². The van der Waals surface area contributed by atoms with Gasteiger partial charge in [0.1, 0.15) is 0 Å². The van der Waals surface area contributed by atoms with Crippen LogP contribution in [-0.2, 0) is 10.0 Å². The standard InChI is InChI=1S/C9H20N2O2S/c1-3-4-8-5-9(8)11-14(12,13)7(2)6-10/h7-9,11H,3-6,10H2,1-2H3. The molecule has 5 heteroatoms. The zero-order chi connectivity index (χ0) is 10.8. The Morgan fingerprint density at radius 3 is 2.71 bits per heavy atom. The average molecular weight is 220 g/mol. The van der Waals surface area contributed by atoms with E-state index >= 15 is 0 Å². The Balaban J connectivity index is 2.39. The second-order valence-electron chi connectivity index (χ2n) is 4.10. The molecule has 0 radical (unpaired) electrons. The van der Waals surface area contributed by atoms with E-state index in [0.29, 0.717) is 5.92 Å². The topological polar surface area (TPSA) is 72.2 Å². The first-order chi connectivity index (χ1) is 6.51. The molecule has 0 aliphatic heterocycles. The van der Waals surface area contributed by atoms with Crippen LogP contribution in [0.1, 0.15) is 33.1 Å². The van der Waals surface area contributed by atoms with Gasteiger partial charge in [-0.1, -0.05) is 13.3 Å². The summed E-state index contributed by atoms with van der Waals surface area (Å²) < 4.78 is 25.8. The predicted molar refractivity (Wildman–Crippen MR) is 57.4 cm³/mol. The summed E-state index contributed by atoms with van der Waals surface area (Å²) in [6.45, 7) is 3.94. The number of hydrogen-bond donors (Lipinski definition) is 2. The van der Waals surface area contributed by atoms with E-state index in [-0.39, 0.29) is 12.6 Å². The minimum atomic E-state index is -3.17. The Labute approximate surface area is 86.3 Å². The van der Waals surface area contributed by atoms with Crippen molar-refractivity contribution in [2.75, 3.05) is 6.54 Å². The average Bonchev–Trinajstić information content (AvgIpc) is 2.82. The molecule has 14 heavy (non-hydrogen) atoms. The molecule has 1 fully saturated rings.